The number of hydrogen-bond donors (Lipinski definition) is 3. The van der Waals surface area contributed by atoms with Crippen LogP contribution < -0.4 is 15.4 Å². The first-order valence-corrected chi connectivity index (χ1v) is 9.14. The maximum atomic E-state index is 11.9. The highest BCUT2D eigenvalue weighted by molar-refractivity contribution is 7.92. The maximum Gasteiger partial charge on any atom is 0.238 e. The van der Waals surface area contributed by atoms with Crippen LogP contribution in [0.5, 0.6) is 0 Å². The van der Waals surface area contributed by atoms with Gasteiger partial charge in [0.15, 0.2) is 0 Å². The highest BCUT2D eigenvalue weighted by atomic mass is 32.2. The molecule has 1 amide bonds. The Morgan fingerprint density at radius 3 is 2.61 bits per heavy atom. The van der Waals surface area contributed by atoms with Crippen LogP contribution in [-0.4, -0.2) is 46.9 Å². The van der Waals surface area contributed by atoms with E-state index < -0.39 is 10.0 Å². The van der Waals surface area contributed by atoms with Crippen molar-refractivity contribution in [3.63, 3.8) is 0 Å². The molecule has 0 aliphatic rings. The lowest BCUT2D eigenvalue weighted by Gasteiger charge is -2.14. The lowest BCUT2D eigenvalue weighted by Crippen LogP contribution is -2.30. The van der Waals surface area contributed by atoms with Crippen LogP contribution in [0.1, 0.15) is 18.9 Å². The molecule has 0 bridgehead atoms. The van der Waals surface area contributed by atoms with E-state index >= 15 is 0 Å². The van der Waals surface area contributed by atoms with E-state index in [9.17, 15) is 13.2 Å². The molecule has 0 unspecified atom stereocenters. The third kappa shape index (κ3) is 6.98. The molecule has 0 radical (unpaired) electrons. The van der Waals surface area contributed by atoms with E-state index in [2.05, 4.69) is 15.4 Å². The van der Waals surface area contributed by atoms with E-state index in [1.807, 2.05) is 0 Å². The van der Waals surface area contributed by atoms with Crippen LogP contribution in [-0.2, 0) is 19.6 Å². The zero-order valence-corrected chi connectivity index (χ0v) is 14.6. The van der Waals surface area contributed by atoms with Crippen molar-refractivity contribution in [3.8, 4) is 0 Å². The van der Waals surface area contributed by atoms with Crippen molar-refractivity contribution in [2.24, 2.45) is 0 Å². The molecule has 130 valence electrons. The molecule has 0 fully saturated rings. The molecule has 1 aromatic rings. The van der Waals surface area contributed by atoms with Crippen LogP contribution >= 0.6 is 0 Å². The zero-order valence-electron chi connectivity index (χ0n) is 13.8. The number of carbonyl (C=O) groups excluding carboxylic acids is 1. The Bertz CT molecular complexity index is 617. The molecular formula is C15H25N3O4S. The second-order valence-corrected chi connectivity index (χ2v) is 6.96. The zero-order chi connectivity index (χ0) is 17.3. The van der Waals surface area contributed by atoms with Crippen molar-refractivity contribution in [2.45, 2.75) is 20.3 Å². The van der Waals surface area contributed by atoms with Gasteiger partial charge in [-0.05, 0) is 31.0 Å². The fourth-order valence-corrected chi connectivity index (χ4v) is 3.14. The summed E-state index contributed by atoms with van der Waals surface area (Å²) in [4.78, 5) is 11.9. The number of nitrogens with one attached hydrogen (secondary N) is 3. The van der Waals surface area contributed by atoms with Gasteiger partial charge in [0, 0.05) is 19.3 Å². The van der Waals surface area contributed by atoms with E-state index in [4.69, 9.17) is 4.74 Å². The van der Waals surface area contributed by atoms with Crippen molar-refractivity contribution in [3.05, 3.63) is 23.8 Å². The van der Waals surface area contributed by atoms with Gasteiger partial charge < -0.3 is 15.4 Å². The van der Waals surface area contributed by atoms with Crippen LogP contribution in [0.2, 0.25) is 0 Å². The van der Waals surface area contributed by atoms with E-state index in [1.165, 1.54) is 0 Å². The first kappa shape index (κ1) is 19.4. The second-order valence-electron chi connectivity index (χ2n) is 5.12. The van der Waals surface area contributed by atoms with Crippen LogP contribution in [0, 0.1) is 6.92 Å². The van der Waals surface area contributed by atoms with E-state index in [0.29, 0.717) is 36.5 Å². The number of methoxy groups -OCH3 is 1. The lowest BCUT2D eigenvalue weighted by molar-refractivity contribution is -0.115. The quantitative estimate of drug-likeness (QED) is 0.557. The molecule has 23 heavy (non-hydrogen) atoms. The Balaban J connectivity index is 2.71. The summed E-state index contributed by atoms with van der Waals surface area (Å²) < 4.78 is 31.2. The second kappa shape index (κ2) is 9.49. The molecular weight excluding hydrogens is 318 g/mol. The number of rotatable bonds is 10. The summed E-state index contributed by atoms with van der Waals surface area (Å²) in [5.74, 6) is -0.135. The van der Waals surface area contributed by atoms with Crippen LogP contribution in [0.3, 0.4) is 0 Å². The number of ether oxygens (including phenoxy) is 1. The van der Waals surface area contributed by atoms with Crippen molar-refractivity contribution in [1.82, 2.24) is 5.32 Å². The van der Waals surface area contributed by atoms with E-state index in [-0.39, 0.29) is 18.2 Å². The van der Waals surface area contributed by atoms with Gasteiger partial charge >= 0.3 is 0 Å². The molecule has 0 atom stereocenters. The standard InChI is InChI=1S/C15H25N3O4S/c1-4-10-23(20,21)18-14-7-5-6-13(12(14)2)17-15(19)11-16-8-9-22-3/h5-7,16,18H,4,8-11H2,1-3H3,(H,17,19). The molecule has 1 rings (SSSR count). The number of benzene rings is 1. The molecule has 3 N–H and O–H groups in total. The minimum atomic E-state index is -3.36. The van der Waals surface area contributed by atoms with Gasteiger partial charge in [-0.15, -0.1) is 0 Å². The van der Waals surface area contributed by atoms with Crippen molar-refractivity contribution < 1.29 is 17.9 Å². The van der Waals surface area contributed by atoms with Crippen molar-refractivity contribution in [1.29, 1.82) is 0 Å². The molecule has 0 aromatic heterocycles. The van der Waals surface area contributed by atoms with E-state index in [0.717, 1.165) is 0 Å². The molecule has 8 heteroatoms. The summed E-state index contributed by atoms with van der Waals surface area (Å²) in [7, 11) is -1.77. The maximum absolute atomic E-state index is 11.9. The molecule has 0 saturated carbocycles. The summed E-state index contributed by atoms with van der Waals surface area (Å²) >= 11 is 0. The average molecular weight is 343 g/mol. The number of carbonyl (C=O) groups is 1. The number of sulfonamides is 1. The van der Waals surface area contributed by atoms with Crippen LogP contribution in [0.4, 0.5) is 11.4 Å². The number of anilines is 2. The SMILES string of the molecule is CCCS(=O)(=O)Nc1cccc(NC(=O)CNCCOC)c1C. The summed E-state index contributed by atoms with van der Waals surface area (Å²) in [6.07, 6.45) is 0.540. The largest absolute Gasteiger partial charge is 0.383 e. The minimum Gasteiger partial charge on any atom is -0.383 e. The first-order valence-electron chi connectivity index (χ1n) is 7.49. The average Bonchev–Trinajstić information content (AvgIpc) is 2.47. The topological polar surface area (TPSA) is 96.5 Å². The minimum absolute atomic E-state index is 0.0620. The Morgan fingerprint density at radius 1 is 1.26 bits per heavy atom. The lowest BCUT2D eigenvalue weighted by atomic mass is 10.1. The van der Waals surface area contributed by atoms with Gasteiger partial charge in [0.2, 0.25) is 15.9 Å². The van der Waals surface area contributed by atoms with Gasteiger partial charge in [0.1, 0.15) is 0 Å². The predicted octanol–water partition coefficient (Wildman–Crippen LogP) is 1.32. The molecule has 0 heterocycles. The molecule has 0 spiro atoms. The predicted molar refractivity (Wildman–Crippen MR) is 92.3 cm³/mol. The van der Waals surface area contributed by atoms with Crippen molar-refractivity contribution >= 4 is 27.3 Å². The van der Waals surface area contributed by atoms with Crippen molar-refractivity contribution in [2.75, 3.05) is 42.6 Å². The molecule has 0 aliphatic carbocycles. The highest BCUT2D eigenvalue weighted by Crippen LogP contribution is 2.24. The fraction of sp³-hybridized carbons (Fsp3) is 0.533. The van der Waals surface area contributed by atoms with Gasteiger partial charge in [0.05, 0.1) is 24.6 Å². The Morgan fingerprint density at radius 2 is 1.96 bits per heavy atom. The summed E-state index contributed by atoms with van der Waals surface area (Å²) in [5.41, 5.74) is 1.74. The fourth-order valence-electron chi connectivity index (χ4n) is 1.94. The summed E-state index contributed by atoms with van der Waals surface area (Å²) in [6, 6.07) is 5.11. The molecule has 0 saturated heterocycles. The normalized spacial score (nSPS) is 11.3. The third-order valence-corrected chi connectivity index (χ3v) is 4.59. The van der Waals surface area contributed by atoms with Crippen LogP contribution in [0.25, 0.3) is 0 Å². The van der Waals surface area contributed by atoms with Gasteiger partial charge in [0.25, 0.3) is 0 Å². The summed E-state index contributed by atoms with van der Waals surface area (Å²) in [6.45, 7) is 4.84. The number of amides is 1. The Hall–Kier alpha value is -1.64. The van der Waals surface area contributed by atoms with E-state index in [1.54, 1.807) is 39.2 Å². The molecule has 7 nitrogen and oxygen atoms in total. The van der Waals surface area contributed by atoms with Gasteiger partial charge in [-0.25, -0.2) is 8.42 Å². The smallest absolute Gasteiger partial charge is 0.238 e. The van der Waals surface area contributed by atoms with Gasteiger partial charge in [-0.2, -0.15) is 0 Å². The first-order chi connectivity index (χ1) is 10.9. The number of hydrogen-bond acceptors (Lipinski definition) is 5. The summed E-state index contributed by atoms with van der Waals surface area (Å²) in [5, 5.41) is 5.72. The Labute approximate surface area is 137 Å². The molecule has 0 aliphatic heterocycles. The highest BCUT2D eigenvalue weighted by Gasteiger charge is 2.13. The monoisotopic (exact) mass is 343 g/mol. The van der Waals surface area contributed by atoms with Crippen LogP contribution in [0.15, 0.2) is 18.2 Å². The van der Waals surface area contributed by atoms with Gasteiger partial charge in [-0.1, -0.05) is 13.0 Å². The third-order valence-electron chi connectivity index (χ3n) is 3.11. The molecule has 1 aromatic carbocycles. The Kier molecular flexibility index (Phi) is 8.01. The van der Waals surface area contributed by atoms with Gasteiger partial charge in [-0.3, -0.25) is 9.52 Å².